The van der Waals surface area contributed by atoms with Crippen molar-refractivity contribution in [3.8, 4) is 17.1 Å². The third-order valence-electron chi connectivity index (χ3n) is 4.92. The van der Waals surface area contributed by atoms with Crippen LogP contribution in [0.4, 0.5) is 0 Å². The second kappa shape index (κ2) is 8.25. The van der Waals surface area contributed by atoms with Gasteiger partial charge in [-0.15, -0.1) is 0 Å². The van der Waals surface area contributed by atoms with Crippen LogP contribution in [0.25, 0.3) is 11.4 Å². The molecule has 0 spiro atoms. The van der Waals surface area contributed by atoms with E-state index in [4.69, 9.17) is 9.26 Å². The molecule has 3 aromatic rings. The van der Waals surface area contributed by atoms with Gasteiger partial charge in [-0.3, -0.25) is 4.79 Å². The molecular weight excluding hydrogens is 354 g/mol. The molecule has 1 saturated heterocycles. The fraction of sp³-hybridized carbons (Fsp3) is 0.318. The van der Waals surface area contributed by atoms with Gasteiger partial charge >= 0.3 is 0 Å². The molecular formula is C22H23N3O3. The lowest BCUT2D eigenvalue weighted by atomic mass is 10.1. The Kier molecular flexibility index (Phi) is 5.37. The molecule has 1 aromatic heterocycles. The topological polar surface area (TPSA) is 68.5 Å². The Balaban J connectivity index is 1.41. The molecule has 0 aliphatic carbocycles. The number of amides is 1. The normalized spacial score (nSPS) is 16.5. The Morgan fingerprint density at radius 2 is 2.04 bits per heavy atom. The average Bonchev–Trinajstić information content (AvgIpc) is 3.35. The van der Waals surface area contributed by atoms with E-state index in [0.29, 0.717) is 37.8 Å². The monoisotopic (exact) mass is 377 g/mol. The van der Waals surface area contributed by atoms with E-state index in [0.717, 1.165) is 17.7 Å². The van der Waals surface area contributed by atoms with Crippen LogP contribution in [0.15, 0.2) is 59.1 Å². The molecule has 1 aliphatic rings. The first-order chi connectivity index (χ1) is 13.7. The van der Waals surface area contributed by atoms with Gasteiger partial charge in [0.05, 0.1) is 12.5 Å². The summed E-state index contributed by atoms with van der Waals surface area (Å²) in [6, 6.07) is 17.8. The highest BCUT2D eigenvalue weighted by Crippen LogP contribution is 2.29. The summed E-state index contributed by atoms with van der Waals surface area (Å²) in [5.41, 5.74) is 2.07. The lowest BCUT2D eigenvalue weighted by Crippen LogP contribution is -2.27. The number of ether oxygens (including phenoxy) is 1. The van der Waals surface area contributed by atoms with Gasteiger partial charge in [-0.25, -0.2) is 0 Å². The molecule has 2 aromatic carbocycles. The predicted molar refractivity (Wildman–Crippen MR) is 105 cm³/mol. The van der Waals surface area contributed by atoms with E-state index in [2.05, 4.69) is 22.3 Å². The number of benzene rings is 2. The Morgan fingerprint density at radius 1 is 1.18 bits per heavy atom. The zero-order valence-corrected chi connectivity index (χ0v) is 15.9. The second-order valence-electron chi connectivity index (χ2n) is 6.89. The van der Waals surface area contributed by atoms with E-state index in [1.807, 2.05) is 54.3 Å². The number of rotatable bonds is 7. The maximum Gasteiger partial charge on any atom is 0.232 e. The van der Waals surface area contributed by atoms with E-state index < -0.39 is 0 Å². The number of hydrogen-bond donors (Lipinski definition) is 0. The van der Waals surface area contributed by atoms with Crippen LogP contribution in [-0.4, -0.2) is 40.6 Å². The van der Waals surface area contributed by atoms with Crippen LogP contribution in [0.2, 0.25) is 0 Å². The molecule has 2 heterocycles. The van der Waals surface area contributed by atoms with Gasteiger partial charge in [-0.05, 0) is 31.0 Å². The van der Waals surface area contributed by atoms with Crippen molar-refractivity contribution >= 4 is 5.91 Å². The van der Waals surface area contributed by atoms with E-state index in [1.54, 1.807) is 0 Å². The maximum absolute atomic E-state index is 12.4. The van der Waals surface area contributed by atoms with Gasteiger partial charge in [0.15, 0.2) is 0 Å². The number of carbonyl (C=O) groups excluding carboxylic acids is 1. The smallest absolute Gasteiger partial charge is 0.232 e. The third-order valence-corrected chi connectivity index (χ3v) is 4.92. The highest BCUT2D eigenvalue weighted by molar-refractivity contribution is 5.79. The van der Waals surface area contributed by atoms with Gasteiger partial charge in [0.1, 0.15) is 5.75 Å². The minimum atomic E-state index is -0.0559. The molecule has 1 fully saturated rings. The van der Waals surface area contributed by atoms with Crippen molar-refractivity contribution in [2.75, 3.05) is 19.7 Å². The zero-order valence-electron chi connectivity index (χ0n) is 15.9. The number of hydrogen-bond acceptors (Lipinski definition) is 5. The molecule has 6 heteroatoms. The molecule has 1 aliphatic heterocycles. The zero-order chi connectivity index (χ0) is 19.3. The first-order valence-corrected chi connectivity index (χ1v) is 9.61. The molecule has 6 nitrogen and oxygen atoms in total. The van der Waals surface area contributed by atoms with Crippen LogP contribution in [0, 0.1) is 0 Å². The molecule has 0 bridgehead atoms. The molecule has 0 radical (unpaired) electrons. The molecule has 144 valence electrons. The van der Waals surface area contributed by atoms with Gasteiger partial charge in [-0.1, -0.05) is 47.6 Å². The summed E-state index contributed by atoms with van der Waals surface area (Å²) in [6.45, 7) is 3.87. The predicted octanol–water partition coefficient (Wildman–Crippen LogP) is 3.69. The molecule has 1 amide bonds. The van der Waals surface area contributed by atoms with Gasteiger partial charge in [-0.2, -0.15) is 4.98 Å². The van der Waals surface area contributed by atoms with E-state index >= 15 is 0 Å². The standard InChI is InChI=1S/C22H23N3O3/c1-2-27-19-10-6-9-17(13-19)21-23-22(28-24-21)18-14-20(26)25(15-18)12-11-16-7-4-3-5-8-16/h3-10,13,18H,2,11-12,14-15H2,1H3. The number of likely N-dealkylation sites (tertiary alicyclic amines) is 1. The third kappa shape index (κ3) is 4.06. The molecule has 28 heavy (non-hydrogen) atoms. The first-order valence-electron chi connectivity index (χ1n) is 9.61. The van der Waals surface area contributed by atoms with Crippen molar-refractivity contribution in [2.24, 2.45) is 0 Å². The fourth-order valence-corrected chi connectivity index (χ4v) is 3.47. The van der Waals surface area contributed by atoms with Gasteiger partial charge in [0, 0.05) is 25.1 Å². The SMILES string of the molecule is CCOc1cccc(-c2noc(C3CC(=O)N(CCc4ccccc4)C3)n2)c1. The lowest BCUT2D eigenvalue weighted by Gasteiger charge is -2.15. The quantitative estimate of drug-likeness (QED) is 0.628. The van der Waals surface area contributed by atoms with Crippen molar-refractivity contribution in [1.29, 1.82) is 0 Å². The van der Waals surface area contributed by atoms with Crippen LogP contribution >= 0.6 is 0 Å². The van der Waals surface area contributed by atoms with Gasteiger partial charge in [0.25, 0.3) is 0 Å². The minimum absolute atomic E-state index is 0.0559. The van der Waals surface area contributed by atoms with Crippen LogP contribution in [0.3, 0.4) is 0 Å². The van der Waals surface area contributed by atoms with Crippen LogP contribution < -0.4 is 4.74 Å². The molecule has 1 unspecified atom stereocenters. The Morgan fingerprint density at radius 3 is 2.86 bits per heavy atom. The average molecular weight is 377 g/mol. The van der Waals surface area contributed by atoms with E-state index in [1.165, 1.54) is 5.56 Å². The Hall–Kier alpha value is -3.15. The van der Waals surface area contributed by atoms with Crippen molar-refractivity contribution in [1.82, 2.24) is 15.0 Å². The van der Waals surface area contributed by atoms with E-state index in [-0.39, 0.29) is 11.8 Å². The summed E-state index contributed by atoms with van der Waals surface area (Å²) in [5, 5.41) is 4.10. The van der Waals surface area contributed by atoms with Crippen LogP contribution in [0.5, 0.6) is 5.75 Å². The fourth-order valence-electron chi connectivity index (χ4n) is 3.47. The number of aromatic nitrogens is 2. The highest BCUT2D eigenvalue weighted by Gasteiger charge is 2.34. The largest absolute Gasteiger partial charge is 0.494 e. The van der Waals surface area contributed by atoms with Gasteiger partial charge in [0.2, 0.25) is 17.6 Å². The summed E-state index contributed by atoms with van der Waals surface area (Å²) >= 11 is 0. The highest BCUT2D eigenvalue weighted by atomic mass is 16.5. The molecule has 1 atom stereocenters. The summed E-state index contributed by atoms with van der Waals surface area (Å²) in [6.07, 6.45) is 1.26. The summed E-state index contributed by atoms with van der Waals surface area (Å²) in [4.78, 5) is 18.8. The minimum Gasteiger partial charge on any atom is -0.494 e. The number of nitrogens with zero attached hydrogens (tertiary/aromatic N) is 3. The van der Waals surface area contributed by atoms with Crippen LogP contribution in [-0.2, 0) is 11.2 Å². The summed E-state index contributed by atoms with van der Waals surface area (Å²) < 4.78 is 11.0. The maximum atomic E-state index is 12.4. The van der Waals surface area contributed by atoms with Crippen molar-refractivity contribution in [2.45, 2.75) is 25.7 Å². The Bertz CT molecular complexity index is 939. The second-order valence-corrected chi connectivity index (χ2v) is 6.89. The lowest BCUT2D eigenvalue weighted by molar-refractivity contribution is -0.127. The summed E-state index contributed by atoms with van der Waals surface area (Å²) in [5.74, 6) is 1.90. The Labute approximate surface area is 164 Å². The van der Waals surface area contributed by atoms with Crippen LogP contribution in [0.1, 0.15) is 30.7 Å². The van der Waals surface area contributed by atoms with Crippen molar-refractivity contribution < 1.29 is 14.1 Å². The molecule has 4 rings (SSSR count). The van der Waals surface area contributed by atoms with Crippen molar-refractivity contribution in [3.63, 3.8) is 0 Å². The summed E-state index contributed by atoms with van der Waals surface area (Å²) in [7, 11) is 0. The molecule has 0 N–H and O–H groups in total. The van der Waals surface area contributed by atoms with E-state index in [9.17, 15) is 4.79 Å². The van der Waals surface area contributed by atoms with Crippen molar-refractivity contribution in [3.05, 3.63) is 66.1 Å². The van der Waals surface area contributed by atoms with Gasteiger partial charge < -0.3 is 14.2 Å². The molecule has 0 saturated carbocycles. The number of carbonyl (C=O) groups is 1. The first kappa shape index (κ1) is 18.2.